The first-order valence-corrected chi connectivity index (χ1v) is 7.57. The predicted octanol–water partition coefficient (Wildman–Crippen LogP) is 2.34. The number of halogens is 1. The zero-order chi connectivity index (χ0) is 13.8. The molecule has 112 valence electrons. The molecule has 1 aromatic rings. The van der Waals surface area contributed by atoms with Gasteiger partial charge in [0.05, 0.1) is 4.88 Å². The van der Waals surface area contributed by atoms with Gasteiger partial charge in [-0.2, -0.15) is 0 Å². The molecule has 2 unspecified atom stereocenters. The van der Waals surface area contributed by atoms with Crippen LogP contribution in [-0.2, 0) is 4.79 Å². The summed E-state index contributed by atoms with van der Waals surface area (Å²) in [6.07, 6.45) is 0.623. The molecule has 2 heterocycles. The summed E-state index contributed by atoms with van der Waals surface area (Å²) in [6, 6.07) is 4.18. The highest BCUT2D eigenvalue weighted by Gasteiger charge is 2.27. The molecule has 0 aromatic carbocycles. The zero-order valence-corrected chi connectivity index (χ0v) is 13.4. The fourth-order valence-electron chi connectivity index (χ4n) is 2.33. The average Bonchev–Trinajstić information content (AvgIpc) is 2.93. The molecule has 0 bridgehead atoms. The molecule has 1 amide bonds. The van der Waals surface area contributed by atoms with Crippen molar-refractivity contribution in [1.82, 2.24) is 10.2 Å². The average molecular weight is 317 g/mol. The third-order valence-electron chi connectivity index (χ3n) is 3.72. The number of carbonyl (C=O) groups excluding carboxylic acids is 2. The number of thiophene rings is 1. The molecule has 2 atom stereocenters. The molecule has 20 heavy (non-hydrogen) atoms. The number of nitrogens with one attached hydrogen (secondary N) is 1. The number of piperazine rings is 1. The lowest BCUT2D eigenvalue weighted by Gasteiger charge is -2.38. The lowest BCUT2D eigenvalue weighted by atomic mass is 10.1. The van der Waals surface area contributed by atoms with Crippen molar-refractivity contribution in [2.24, 2.45) is 0 Å². The molecule has 1 saturated heterocycles. The van der Waals surface area contributed by atoms with Gasteiger partial charge in [0.1, 0.15) is 0 Å². The molecule has 4 nitrogen and oxygen atoms in total. The molecule has 0 aliphatic carbocycles. The van der Waals surface area contributed by atoms with Crippen LogP contribution in [0.3, 0.4) is 0 Å². The van der Waals surface area contributed by atoms with Gasteiger partial charge in [0.2, 0.25) is 5.91 Å². The van der Waals surface area contributed by atoms with Crippen molar-refractivity contribution >= 4 is 35.4 Å². The summed E-state index contributed by atoms with van der Waals surface area (Å²) >= 11 is 1.43. The number of hydrogen-bond donors (Lipinski definition) is 1. The molecule has 1 N–H and O–H groups in total. The Kier molecular flexibility index (Phi) is 6.65. The largest absolute Gasteiger partial charge is 0.337 e. The third kappa shape index (κ3) is 4.04. The van der Waals surface area contributed by atoms with Crippen LogP contribution >= 0.6 is 23.7 Å². The number of amides is 1. The van der Waals surface area contributed by atoms with Crippen molar-refractivity contribution in [2.75, 3.05) is 13.1 Å². The zero-order valence-electron chi connectivity index (χ0n) is 11.8. The van der Waals surface area contributed by atoms with E-state index in [1.54, 1.807) is 0 Å². The summed E-state index contributed by atoms with van der Waals surface area (Å²) in [7, 11) is 0. The first-order chi connectivity index (χ1) is 9.09. The van der Waals surface area contributed by atoms with Gasteiger partial charge in [0, 0.05) is 38.0 Å². The van der Waals surface area contributed by atoms with Crippen LogP contribution in [0, 0.1) is 0 Å². The highest BCUT2D eigenvalue weighted by Crippen LogP contribution is 2.15. The van der Waals surface area contributed by atoms with Crippen LogP contribution in [-0.4, -0.2) is 41.8 Å². The second-order valence-electron chi connectivity index (χ2n) is 4.97. The van der Waals surface area contributed by atoms with Crippen LogP contribution in [0.25, 0.3) is 0 Å². The predicted molar refractivity (Wildman–Crippen MR) is 83.8 cm³/mol. The molecule has 6 heteroatoms. The highest BCUT2D eigenvalue weighted by atomic mass is 35.5. The molecular weight excluding hydrogens is 296 g/mol. The van der Waals surface area contributed by atoms with Gasteiger partial charge in [0.25, 0.3) is 0 Å². The third-order valence-corrected chi connectivity index (χ3v) is 4.63. The molecule has 0 spiro atoms. The molecule has 2 rings (SSSR count). The summed E-state index contributed by atoms with van der Waals surface area (Å²) in [5.41, 5.74) is 0. The quantitative estimate of drug-likeness (QED) is 0.867. The Morgan fingerprint density at radius 1 is 1.40 bits per heavy atom. The van der Waals surface area contributed by atoms with E-state index in [4.69, 9.17) is 0 Å². The van der Waals surface area contributed by atoms with E-state index in [-0.39, 0.29) is 30.1 Å². The molecule has 1 aromatic heterocycles. The van der Waals surface area contributed by atoms with Crippen LogP contribution < -0.4 is 5.32 Å². The first kappa shape index (κ1) is 17.1. The number of nitrogens with zero attached hydrogens (tertiary/aromatic N) is 1. The Bertz CT molecular complexity index is 450. The summed E-state index contributed by atoms with van der Waals surface area (Å²) in [6.45, 7) is 5.70. The number of Topliss-reactive ketones (excluding diaryl/α,β-unsaturated/α-hetero) is 1. The maximum Gasteiger partial charge on any atom is 0.223 e. The standard InChI is InChI=1S/C14H20N2O2S.ClH/c1-10-11(2)16(8-7-15-10)14(18)6-5-12(17)13-4-3-9-19-13;/h3-4,9-11,15H,5-8H2,1-2H3;1H. The minimum absolute atomic E-state index is 0. The van der Waals surface area contributed by atoms with Gasteiger partial charge in [-0.1, -0.05) is 6.07 Å². The van der Waals surface area contributed by atoms with Gasteiger partial charge in [-0.3, -0.25) is 9.59 Å². The SMILES string of the molecule is CC1NCCN(C(=O)CCC(=O)c2cccs2)C1C.Cl. The van der Waals surface area contributed by atoms with Crippen LogP contribution in [0.5, 0.6) is 0 Å². The number of rotatable bonds is 4. The Balaban J connectivity index is 0.00000200. The molecule has 1 fully saturated rings. The van der Waals surface area contributed by atoms with Crippen LogP contribution in [0.4, 0.5) is 0 Å². The summed E-state index contributed by atoms with van der Waals surface area (Å²) in [4.78, 5) is 26.7. The van der Waals surface area contributed by atoms with E-state index in [0.29, 0.717) is 18.9 Å². The summed E-state index contributed by atoms with van der Waals surface area (Å²) in [5.74, 6) is 0.157. The normalized spacial score (nSPS) is 22.2. The topological polar surface area (TPSA) is 49.4 Å². The second-order valence-corrected chi connectivity index (χ2v) is 5.92. The van der Waals surface area contributed by atoms with E-state index < -0.39 is 0 Å². The van der Waals surface area contributed by atoms with Crippen molar-refractivity contribution in [3.63, 3.8) is 0 Å². The van der Waals surface area contributed by atoms with Crippen LogP contribution in [0.15, 0.2) is 17.5 Å². The summed E-state index contributed by atoms with van der Waals surface area (Å²) in [5, 5.41) is 5.23. The van der Waals surface area contributed by atoms with E-state index in [9.17, 15) is 9.59 Å². The Morgan fingerprint density at radius 2 is 2.15 bits per heavy atom. The first-order valence-electron chi connectivity index (χ1n) is 6.69. The van der Waals surface area contributed by atoms with Gasteiger partial charge in [-0.05, 0) is 25.3 Å². The van der Waals surface area contributed by atoms with Crippen molar-refractivity contribution in [3.8, 4) is 0 Å². The minimum Gasteiger partial charge on any atom is -0.337 e. The van der Waals surface area contributed by atoms with E-state index in [1.165, 1.54) is 11.3 Å². The Hall–Kier alpha value is -0.910. The van der Waals surface area contributed by atoms with Gasteiger partial charge in [0.15, 0.2) is 5.78 Å². The van der Waals surface area contributed by atoms with Gasteiger partial charge < -0.3 is 10.2 Å². The van der Waals surface area contributed by atoms with Crippen LogP contribution in [0.2, 0.25) is 0 Å². The van der Waals surface area contributed by atoms with Crippen molar-refractivity contribution in [3.05, 3.63) is 22.4 Å². The van der Waals surface area contributed by atoms with E-state index >= 15 is 0 Å². The molecule has 0 radical (unpaired) electrons. The Labute approximate surface area is 130 Å². The molecule has 1 aliphatic rings. The van der Waals surface area contributed by atoms with Gasteiger partial charge in [-0.25, -0.2) is 0 Å². The van der Waals surface area contributed by atoms with Crippen molar-refractivity contribution in [1.29, 1.82) is 0 Å². The van der Waals surface area contributed by atoms with E-state index in [0.717, 1.165) is 18.0 Å². The smallest absolute Gasteiger partial charge is 0.223 e. The Morgan fingerprint density at radius 3 is 2.80 bits per heavy atom. The van der Waals surface area contributed by atoms with Crippen molar-refractivity contribution < 1.29 is 9.59 Å². The number of ketones is 1. The highest BCUT2D eigenvalue weighted by molar-refractivity contribution is 7.12. The maximum atomic E-state index is 12.2. The molecule has 1 aliphatic heterocycles. The fraction of sp³-hybridized carbons (Fsp3) is 0.571. The van der Waals surface area contributed by atoms with Crippen molar-refractivity contribution in [2.45, 2.75) is 38.8 Å². The molecule has 0 saturated carbocycles. The lowest BCUT2D eigenvalue weighted by Crippen LogP contribution is -2.57. The van der Waals surface area contributed by atoms with Gasteiger partial charge in [-0.15, -0.1) is 23.7 Å². The number of carbonyl (C=O) groups is 2. The maximum absolute atomic E-state index is 12.2. The van der Waals surface area contributed by atoms with E-state index in [2.05, 4.69) is 19.2 Å². The summed E-state index contributed by atoms with van der Waals surface area (Å²) < 4.78 is 0. The van der Waals surface area contributed by atoms with E-state index in [1.807, 2.05) is 22.4 Å². The van der Waals surface area contributed by atoms with Crippen LogP contribution in [0.1, 0.15) is 36.4 Å². The lowest BCUT2D eigenvalue weighted by molar-refractivity contribution is -0.134. The minimum atomic E-state index is 0. The number of hydrogen-bond acceptors (Lipinski definition) is 4. The fourth-order valence-corrected chi connectivity index (χ4v) is 3.03. The second kappa shape index (κ2) is 7.76. The molecular formula is C14H21ClN2O2S. The monoisotopic (exact) mass is 316 g/mol. The van der Waals surface area contributed by atoms with Gasteiger partial charge >= 0.3 is 0 Å².